The molecule has 30 heavy (non-hydrogen) atoms. The minimum absolute atomic E-state index is 0.101. The zero-order valence-corrected chi connectivity index (χ0v) is 17.4. The van der Waals surface area contributed by atoms with Crippen LogP contribution >= 0.6 is 0 Å². The summed E-state index contributed by atoms with van der Waals surface area (Å²) in [5.41, 5.74) is 4.10. The SMILES string of the molecule is CC(C)(C)C1CN(C(=O)OCC2c3ccccc3-c3ccccc32)[C@H](C(=O)O)C1O. The first-order chi connectivity index (χ1) is 14.2. The van der Waals surface area contributed by atoms with Gasteiger partial charge in [-0.2, -0.15) is 0 Å². The first-order valence-corrected chi connectivity index (χ1v) is 10.2. The summed E-state index contributed by atoms with van der Waals surface area (Å²) in [5.74, 6) is -1.67. The average molecular weight is 409 g/mol. The van der Waals surface area contributed by atoms with Gasteiger partial charge in [0.25, 0.3) is 0 Å². The monoisotopic (exact) mass is 409 g/mol. The second-order valence-corrected chi connectivity index (χ2v) is 9.20. The van der Waals surface area contributed by atoms with Crippen LogP contribution < -0.4 is 0 Å². The van der Waals surface area contributed by atoms with Crippen LogP contribution in [0.1, 0.15) is 37.8 Å². The van der Waals surface area contributed by atoms with Gasteiger partial charge in [0.05, 0.1) is 6.10 Å². The van der Waals surface area contributed by atoms with Crippen LogP contribution in [0.3, 0.4) is 0 Å². The van der Waals surface area contributed by atoms with E-state index in [2.05, 4.69) is 12.1 Å². The van der Waals surface area contributed by atoms with Crippen LogP contribution in [0.4, 0.5) is 4.79 Å². The smallest absolute Gasteiger partial charge is 0.410 e. The molecular weight excluding hydrogens is 382 g/mol. The van der Waals surface area contributed by atoms with Gasteiger partial charge in [0, 0.05) is 18.4 Å². The molecule has 2 aliphatic rings. The minimum atomic E-state index is -1.30. The van der Waals surface area contributed by atoms with Gasteiger partial charge in [-0.25, -0.2) is 9.59 Å². The lowest BCUT2D eigenvalue weighted by molar-refractivity contribution is -0.145. The molecule has 158 valence electrons. The van der Waals surface area contributed by atoms with Gasteiger partial charge in [0.1, 0.15) is 6.61 Å². The normalized spacial score (nSPS) is 23.2. The van der Waals surface area contributed by atoms with Gasteiger partial charge in [-0.3, -0.25) is 4.90 Å². The fourth-order valence-electron chi connectivity index (χ4n) is 4.77. The van der Waals surface area contributed by atoms with E-state index in [0.29, 0.717) is 0 Å². The number of amides is 1. The number of benzene rings is 2. The van der Waals surface area contributed by atoms with Crippen molar-refractivity contribution in [1.82, 2.24) is 4.90 Å². The van der Waals surface area contributed by atoms with E-state index in [1.165, 1.54) is 0 Å². The number of likely N-dealkylation sites (tertiary alicyclic amines) is 1. The zero-order valence-electron chi connectivity index (χ0n) is 17.4. The largest absolute Gasteiger partial charge is 0.480 e. The highest BCUT2D eigenvalue weighted by Crippen LogP contribution is 2.45. The molecule has 1 saturated heterocycles. The van der Waals surface area contributed by atoms with Crippen LogP contribution in [-0.4, -0.2) is 52.5 Å². The number of rotatable bonds is 3. The molecular formula is C24H27NO5. The van der Waals surface area contributed by atoms with E-state index < -0.39 is 24.2 Å². The van der Waals surface area contributed by atoms with E-state index in [1.807, 2.05) is 57.2 Å². The molecule has 0 radical (unpaired) electrons. The summed E-state index contributed by atoms with van der Waals surface area (Å²) in [6.45, 7) is 6.06. The number of aliphatic carboxylic acids is 1. The number of hydrogen-bond acceptors (Lipinski definition) is 4. The van der Waals surface area contributed by atoms with Gasteiger partial charge in [-0.1, -0.05) is 69.3 Å². The molecule has 1 aliphatic heterocycles. The van der Waals surface area contributed by atoms with Crippen molar-refractivity contribution >= 4 is 12.1 Å². The zero-order chi connectivity index (χ0) is 21.6. The Labute approximate surface area is 176 Å². The fourth-order valence-corrected chi connectivity index (χ4v) is 4.77. The highest BCUT2D eigenvalue weighted by molar-refractivity contribution is 5.82. The van der Waals surface area contributed by atoms with Gasteiger partial charge in [0.2, 0.25) is 0 Å². The topological polar surface area (TPSA) is 87.1 Å². The summed E-state index contributed by atoms with van der Waals surface area (Å²) >= 11 is 0. The molecule has 0 bridgehead atoms. The third kappa shape index (κ3) is 3.35. The maximum Gasteiger partial charge on any atom is 0.410 e. The van der Waals surface area contributed by atoms with Crippen LogP contribution in [-0.2, 0) is 9.53 Å². The number of carbonyl (C=O) groups is 2. The Morgan fingerprint density at radius 3 is 2.07 bits per heavy atom. The Hall–Kier alpha value is -2.86. The molecule has 3 atom stereocenters. The molecule has 6 nitrogen and oxygen atoms in total. The summed E-state index contributed by atoms with van der Waals surface area (Å²) in [6, 6.07) is 14.8. The molecule has 0 aromatic heterocycles. The minimum Gasteiger partial charge on any atom is -0.480 e. The standard InChI is InChI=1S/C24H27NO5/c1-24(2,3)19-12-25(20(21(19)26)22(27)28)23(29)30-13-18-16-10-6-4-8-14(16)15-9-5-7-11-17(15)18/h4-11,18-21,26H,12-13H2,1-3H3,(H,27,28)/t19?,20-,21?/m0/s1. The van der Waals surface area contributed by atoms with Gasteiger partial charge in [-0.05, 0) is 27.7 Å². The van der Waals surface area contributed by atoms with E-state index in [1.54, 1.807) is 0 Å². The highest BCUT2D eigenvalue weighted by Gasteiger charge is 2.51. The van der Waals surface area contributed by atoms with E-state index in [4.69, 9.17) is 4.74 Å². The first-order valence-electron chi connectivity index (χ1n) is 10.2. The summed E-state index contributed by atoms with van der Waals surface area (Å²) in [5, 5.41) is 20.2. The van der Waals surface area contributed by atoms with Crippen molar-refractivity contribution in [3.63, 3.8) is 0 Å². The molecule has 1 aliphatic carbocycles. The van der Waals surface area contributed by atoms with Crippen molar-refractivity contribution in [2.45, 2.75) is 38.8 Å². The van der Waals surface area contributed by atoms with Crippen molar-refractivity contribution in [2.75, 3.05) is 13.2 Å². The number of fused-ring (bicyclic) bond motifs is 3. The molecule has 1 amide bonds. The molecule has 2 N–H and O–H groups in total. The Balaban J connectivity index is 1.54. The van der Waals surface area contributed by atoms with Gasteiger partial charge >= 0.3 is 12.1 Å². The second-order valence-electron chi connectivity index (χ2n) is 9.20. The van der Waals surface area contributed by atoms with E-state index in [9.17, 15) is 19.8 Å². The lowest BCUT2D eigenvalue weighted by Crippen LogP contribution is -2.45. The molecule has 4 rings (SSSR count). The molecule has 0 saturated carbocycles. The second kappa shape index (κ2) is 7.43. The molecule has 2 unspecified atom stereocenters. The maximum absolute atomic E-state index is 12.9. The summed E-state index contributed by atoms with van der Waals surface area (Å²) in [4.78, 5) is 25.8. The molecule has 1 heterocycles. The van der Waals surface area contributed by atoms with E-state index in [-0.39, 0.29) is 30.4 Å². The van der Waals surface area contributed by atoms with Crippen LogP contribution in [0.2, 0.25) is 0 Å². The van der Waals surface area contributed by atoms with Crippen molar-refractivity contribution in [3.8, 4) is 11.1 Å². The number of nitrogens with zero attached hydrogens (tertiary/aromatic N) is 1. The van der Waals surface area contributed by atoms with Gasteiger partial charge < -0.3 is 14.9 Å². The average Bonchev–Trinajstić information content (AvgIpc) is 3.21. The van der Waals surface area contributed by atoms with Gasteiger partial charge in [-0.15, -0.1) is 0 Å². The van der Waals surface area contributed by atoms with Crippen molar-refractivity contribution in [2.24, 2.45) is 11.3 Å². The number of hydrogen-bond donors (Lipinski definition) is 2. The number of ether oxygens (including phenoxy) is 1. The number of aliphatic hydroxyl groups excluding tert-OH is 1. The number of carboxylic acids is 1. The summed E-state index contributed by atoms with van der Waals surface area (Å²) < 4.78 is 5.63. The Bertz CT molecular complexity index is 934. The van der Waals surface area contributed by atoms with Crippen molar-refractivity contribution in [3.05, 3.63) is 59.7 Å². The maximum atomic E-state index is 12.9. The fraction of sp³-hybridized carbons (Fsp3) is 0.417. The third-order valence-electron chi connectivity index (χ3n) is 6.40. The van der Waals surface area contributed by atoms with Crippen LogP contribution in [0.5, 0.6) is 0 Å². The summed E-state index contributed by atoms with van der Waals surface area (Å²) in [6.07, 6.45) is -1.84. The van der Waals surface area contributed by atoms with Crippen LogP contribution in [0.15, 0.2) is 48.5 Å². The lowest BCUT2D eigenvalue weighted by atomic mass is 9.78. The van der Waals surface area contributed by atoms with Crippen molar-refractivity contribution < 1.29 is 24.5 Å². The molecule has 2 aromatic carbocycles. The number of carboxylic acid groups (broad SMARTS) is 1. The first kappa shape index (κ1) is 20.4. The number of aliphatic hydroxyl groups is 1. The Morgan fingerprint density at radius 2 is 1.57 bits per heavy atom. The quantitative estimate of drug-likeness (QED) is 0.807. The van der Waals surface area contributed by atoms with Crippen molar-refractivity contribution in [1.29, 1.82) is 0 Å². The van der Waals surface area contributed by atoms with Gasteiger partial charge in [0.15, 0.2) is 6.04 Å². The predicted octanol–water partition coefficient (Wildman–Crippen LogP) is 3.73. The lowest BCUT2D eigenvalue weighted by Gasteiger charge is -2.28. The predicted molar refractivity (Wildman–Crippen MR) is 112 cm³/mol. The molecule has 0 spiro atoms. The van der Waals surface area contributed by atoms with Crippen LogP contribution in [0.25, 0.3) is 11.1 Å². The molecule has 1 fully saturated rings. The third-order valence-corrected chi connectivity index (χ3v) is 6.40. The molecule has 2 aromatic rings. The Morgan fingerprint density at radius 1 is 1.03 bits per heavy atom. The van der Waals surface area contributed by atoms with Crippen LogP contribution in [0, 0.1) is 11.3 Å². The summed E-state index contributed by atoms with van der Waals surface area (Å²) in [7, 11) is 0. The van der Waals surface area contributed by atoms with E-state index in [0.717, 1.165) is 27.2 Å². The highest BCUT2D eigenvalue weighted by atomic mass is 16.6. The molecule has 6 heteroatoms. The van der Waals surface area contributed by atoms with E-state index >= 15 is 0 Å². The Kier molecular flexibility index (Phi) is 5.06. The number of carbonyl (C=O) groups excluding carboxylic acids is 1.